The zero-order chi connectivity index (χ0) is 12.1. The summed E-state index contributed by atoms with van der Waals surface area (Å²) in [4.78, 5) is 10.3. The van der Waals surface area contributed by atoms with E-state index in [0.717, 1.165) is 0 Å². The van der Waals surface area contributed by atoms with Crippen LogP contribution in [0.4, 0.5) is 11.4 Å². The van der Waals surface area contributed by atoms with Crippen LogP contribution < -0.4 is 14.8 Å². The SMILES string of the molecule is CCNc1cc([N+](=O)[O-])c(OC)cc1OC. The van der Waals surface area contributed by atoms with E-state index in [1.807, 2.05) is 6.92 Å². The Labute approximate surface area is 93.3 Å². The van der Waals surface area contributed by atoms with Gasteiger partial charge in [-0.15, -0.1) is 0 Å². The molecule has 0 heterocycles. The fraction of sp³-hybridized carbons (Fsp3) is 0.400. The lowest BCUT2D eigenvalue weighted by atomic mass is 10.2. The summed E-state index contributed by atoms with van der Waals surface area (Å²) in [6.07, 6.45) is 0. The highest BCUT2D eigenvalue weighted by Gasteiger charge is 2.19. The molecule has 6 heteroatoms. The third kappa shape index (κ3) is 2.33. The van der Waals surface area contributed by atoms with E-state index in [-0.39, 0.29) is 11.4 Å². The number of nitrogens with one attached hydrogen (secondary N) is 1. The predicted octanol–water partition coefficient (Wildman–Crippen LogP) is 2.04. The van der Waals surface area contributed by atoms with Crippen molar-refractivity contribution in [2.45, 2.75) is 6.92 Å². The fourth-order valence-corrected chi connectivity index (χ4v) is 1.35. The van der Waals surface area contributed by atoms with Crippen LogP contribution in [0, 0.1) is 10.1 Å². The van der Waals surface area contributed by atoms with Gasteiger partial charge in [0.25, 0.3) is 0 Å². The molecule has 0 spiro atoms. The Hall–Kier alpha value is -1.98. The zero-order valence-electron chi connectivity index (χ0n) is 9.44. The van der Waals surface area contributed by atoms with Gasteiger partial charge in [0.15, 0.2) is 0 Å². The van der Waals surface area contributed by atoms with Gasteiger partial charge in [0.2, 0.25) is 5.75 Å². The molecule has 0 amide bonds. The van der Waals surface area contributed by atoms with E-state index in [0.29, 0.717) is 18.0 Å². The van der Waals surface area contributed by atoms with Crippen molar-refractivity contribution in [3.05, 3.63) is 22.2 Å². The van der Waals surface area contributed by atoms with E-state index < -0.39 is 4.92 Å². The van der Waals surface area contributed by atoms with Gasteiger partial charge < -0.3 is 14.8 Å². The number of nitro groups is 1. The summed E-state index contributed by atoms with van der Waals surface area (Å²) in [5, 5.41) is 13.8. The highest BCUT2D eigenvalue weighted by atomic mass is 16.6. The molecule has 0 aliphatic carbocycles. The van der Waals surface area contributed by atoms with Crippen molar-refractivity contribution >= 4 is 11.4 Å². The minimum Gasteiger partial charge on any atom is -0.494 e. The van der Waals surface area contributed by atoms with Gasteiger partial charge in [-0.1, -0.05) is 0 Å². The molecule has 0 fully saturated rings. The van der Waals surface area contributed by atoms with Crippen molar-refractivity contribution in [3.63, 3.8) is 0 Å². The zero-order valence-corrected chi connectivity index (χ0v) is 9.44. The molecule has 0 atom stereocenters. The van der Waals surface area contributed by atoms with Gasteiger partial charge in [-0.2, -0.15) is 0 Å². The topological polar surface area (TPSA) is 73.6 Å². The van der Waals surface area contributed by atoms with Crippen LogP contribution in [0.2, 0.25) is 0 Å². The van der Waals surface area contributed by atoms with Crippen LogP contribution in [0.3, 0.4) is 0 Å². The van der Waals surface area contributed by atoms with Crippen LogP contribution in [0.25, 0.3) is 0 Å². The van der Waals surface area contributed by atoms with Gasteiger partial charge in [-0.3, -0.25) is 10.1 Å². The van der Waals surface area contributed by atoms with Gasteiger partial charge in [0, 0.05) is 18.7 Å². The Kier molecular flexibility index (Phi) is 3.93. The lowest BCUT2D eigenvalue weighted by molar-refractivity contribution is -0.385. The van der Waals surface area contributed by atoms with Crippen LogP contribution in [-0.2, 0) is 0 Å². The number of rotatable bonds is 5. The maximum Gasteiger partial charge on any atom is 0.313 e. The molecule has 16 heavy (non-hydrogen) atoms. The highest BCUT2D eigenvalue weighted by molar-refractivity contribution is 5.67. The highest BCUT2D eigenvalue weighted by Crippen LogP contribution is 2.37. The second-order valence-corrected chi connectivity index (χ2v) is 3.01. The number of benzene rings is 1. The van der Waals surface area contributed by atoms with Crippen LogP contribution in [-0.4, -0.2) is 25.7 Å². The first-order valence-electron chi connectivity index (χ1n) is 4.78. The monoisotopic (exact) mass is 226 g/mol. The number of nitro benzene ring substituents is 1. The van der Waals surface area contributed by atoms with Crippen molar-refractivity contribution in [2.75, 3.05) is 26.1 Å². The number of hydrogen-bond donors (Lipinski definition) is 1. The maximum atomic E-state index is 10.8. The number of ether oxygens (including phenoxy) is 2. The van der Waals surface area contributed by atoms with Gasteiger partial charge in [-0.05, 0) is 6.92 Å². The Balaban J connectivity index is 3.28. The summed E-state index contributed by atoms with van der Waals surface area (Å²) in [5.41, 5.74) is 0.497. The van der Waals surface area contributed by atoms with Crippen LogP contribution >= 0.6 is 0 Å². The summed E-state index contributed by atoms with van der Waals surface area (Å²) in [5.74, 6) is 0.702. The molecule has 0 bridgehead atoms. The number of hydrogen-bond acceptors (Lipinski definition) is 5. The molecule has 0 aliphatic heterocycles. The molecule has 1 aromatic rings. The normalized spacial score (nSPS) is 9.69. The maximum absolute atomic E-state index is 10.8. The summed E-state index contributed by atoms with van der Waals surface area (Å²) in [6.45, 7) is 2.55. The Bertz CT molecular complexity index is 393. The average molecular weight is 226 g/mol. The molecular weight excluding hydrogens is 212 g/mol. The first-order chi connectivity index (χ1) is 7.63. The molecule has 0 radical (unpaired) electrons. The molecule has 6 nitrogen and oxygen atoms in total. The lowest BCUT2D eigenvalue weighted by Gasteiger charge is -2.11. The third-order valence-corrected chi connectivity index (χ3v) is 2.06. The van der Waals surface area contributed by atoms with Gasteiger partial charge >= 0.3 is 5.69 Å². The molecule has 0 unspecified atom stereocenters. The number of anilines is 1. The first-order valence-corrected chi connectivity index (χ1v) is 4.78. The van der Waals surface area contributed by atoms with Crippen LogP contribution in [0.5, 0.6) is 11.5 Å². The first kappa shape index (κ1) is 12.1. The van der Waals surface area contributed by atoms with Crippen molar-refractivity contribution in [3.8, 4) is 11.5 Å². The lowest BCUT2D eigenvalue weighted by Crippen LogP contribution is -2.02. The Morgan fingerprint density at radius 3 is 2.38 bits per heavy atom. The molecule has 0 saturated heterocycles. The van der Waals surface area contributed by atoms with Gasteiger partial charge in [0.05, 0.1) is 24.8 Å². The van der Waals surface area contributed by atoms with Crippen molar-refractivity contribution < 1.29 is 14.4 Å². The van der Waals surface area contributed by atoms with Crippen molar-refractivity contribution in [2.24, 2.45) is 0 Å². The third-order valence-electron chi connectivity index (χ3n) is 2.06. The average Bonchev–Trinajstić information content (AvgIpc) is 2.28. The van der Waals surface area contributed by atoms with E-state index >= 15 is 0 Å². The fourth-order valence-electron chi connectivity index (χ4n) is 1.35. The number of nitrogens with zero attached hydrogens (tertiary/aromatic N) is 1. The molecule has 0 aliphatic rings. The van der Waals surface area contributed by atoms with Crippen LogP contribution in [0.15, 0.2) is 12.1 Å². The summed E-state index contributed by atoms with van der Waals surface area (Å²) >= 11 is 0. The summed E-state index contributed by atoms with van der Waals surface area (Å²) in [6, 6.07) is 2.90. The van der Waals surface area contributed by atoms with Crippen LogP contribution in [0.1, 0.15) is 6.92 Å². The minimum atomic E-state index is -0.487. The molecular formula is C10H14N2O4. The smallest absolute Gasteiger partial charge is 0.313 e. The predicted molar refractivity (Wildman–Crippen MR) is 60.4 cm³/mol. The van der Waals surface area contributed by atoms with Crippen molar-refractivity contribution in [1.29, 1.82) is 0 Å². The molecule has 1 aromatic carbocycles. The van der Waals surface area contributed by atoms with Crippen molar-refractivity contribution in [1.82, 2.24) is 0 Å². The van der Waals surface area contributed by atoms with E-state index in [4.69, 9.17) is 9.47 Å². The standard InChI is InChI=1S/C10H14N2O4/c1-4-11-7-5-8(12(13)14)10(16-3)6-9(7)15-2/h5-6,11H,4H2,1-3H3. The van der Waals surface area contributed by atoms with E-state index in [2.05, 4.69) is 5.32 Å². The minimum absolute atomic E-state index is 0.0840. The molecule has 0 saturated carbocycles. The largest absolute Gasteiger partial charge is 0.494 e. The molecule has 1 N–H and O–H groups in total. The second-order valence-electron chi connectivity index (χ2n) is 3.01. The Morgan fingerprint density at radius 2 is 1.94 bits per heavy atom. The van der Waals surface area contributed by atoms with E-state index in [1.165, 1.54) is 26.4 Å². The second kappa shape index (κ2) is 5.20. The quantitative estimate of drug-likeness (QED) is 0.614. The Morgan fingerprint density at radius 1 is 1.31 bits per heavy atom. The van der Waals surface area contributed by atoms with Gasteiger partial charge in [0.1, 0.15) is 5.75 Å². The summed E-state index contributed by atoms with van der Waals surface area (Å²) < 4.78 is 10.0. The van der Waals surface area contributed by atoms with Gasteiger partial charge in [-0.25, -0.2) is 0 Å². The number of methoxy groups -OCH3 is 2. The van der Waals surface area contributed by atoms with E-state index in [1.54, 1.807) is 0 Å². The van der Waals surface area contributed by atoms with E-state index in [9.17, 15) is 10.1 Å². The summed E-state index contributed by atoms with van der Waals surface area (Å²) in [7, 11) is 2.89. The molecule has 88 valence electrons. The molecule has 1 rings (SSSR count). The molecule has 0 aromatic heterocycles.